The zero-order valence-corrected chi connectivity index (χ0v) is 11.8. The highest BCUT2D eigenvalue weighted by Crippen LogP contribution is 2.28. The van der Waals surface area contributed by atoms with Crippen molar-refractivity contribution in [3.8, 4) is 0 Å². The van der Waals surface area contributed by atoms with Gasteiger partial charge >= 0.3 is 0 Å². The molecule has 0 amide bonds. The van der Waals surface area contributed by atoms with E-state index in [1.165, 1.54) is 16.3 Å². The molecule has 2 heteroatoms. The van der Waals surface area contributed by atoms with Gasteiger partial charge < -0.3 is 5.32 Å². The normalized spacial score (nSPS) is 11.0. The molecule has 96 valence electrons. The predicted molar refractivity (Wildman–Crippen MR) is 82.4 cm³/mol. The Morgan fingerprint density at radius 3 is 2.50 bits per heavy atom. The maximum Gasteiger partial charge on any atom is 0.0386 e. The Morgan fingerprint density at radius 1 is 1.11 bits per heavy atom. The largest absolute Gasteiger partial charge is 0.304 e. The van der Waals surface area contributed by atoms with Crippen LogP contribution in [0.3, 0.4) is 0 Å². The van der Waals surface area contributed by atoms with Gasteiger partial charge in [0.1, 0.15) is 0 Å². The number of benzene rings is 2. The minimum Gasteiger partial charge on any atom is -0.304 e. The first-order valence-electron chi connectivity index (χ1n) is 5.99. The summed E-state index contributed by atoms with van der Waals surface area (Å²) in [6, 6.07) is 15.0. The van der Waals surface area contributed by atoms with Crippen LogP contribution in [0.15, 0.2) is 55.1 Å². The molecule has 0 spiro atoms. The van der Waals surface area contributed by atoms with Crippen LogP contribution in [0, 0.1) is 0 Å². The Kier molecular flexibility index (Phi) is 4.94. The van der Waals surface area contributed by atoms with Crippen LogP contribution in [0.25, 0.3) is 10.8 Å². The van der Waals surface area contributed by atoms with E-state index in [9.17, 15) is 0 Å². The second-order valence-corrected chi connectivity index (χ2v) is 4.82. The summed E-state index contributed by atoms with van der Waals surface area (Å²) in [4.78, 5) is 0. The van der Waals surface area contributed by atoms with E-state index in [2.05, 4.69) is 68.2 Å². The maximum atomic E-state index is 3.76. The summed E-state index contributed by atoms with van der Waals surface area (Å²) in [5.41, 5.74) is 1.28. The highest BCUT2D eigenvalue weighted by atomic mass is 35.5. The predicted octanol–water partition coefficient (Wildman–Crippen LogP) is 4.27. The fourth-order valence-electron chi connectivity index (χ4n) is 2.19. The molecule has 1 N–H and O–H groups in total. The molecule has 0 saturated heterocycles. The Balaban J connectivity index is 0.00000162. The zero-order chi connectivity index (χ0) is 12.3. The molecular formula is C16H20ClN. The third-order valence-electron chi connectivity index (χ3n) is 3.15. The third-order valence-corrected chi connectivity index (χ3v) is 3.15. The fraction of sp³-hybridized carbons (Fsp3) is 0.250. The summed E-state index contributed by atoms with van der Waals surface area (Å²) in [5, 5.41) is 6.11. The quantitative estimate of drug-likeness (QED) is 0.811. The van der Waals surface area contributed by atoms with Gasteiger partial charge in [0.25, 0.3) is 0 Å². The van der Waals surface area contributed by atoms with Gasteiger partial charge in [-0.3, -0.25) is 0 Å². The van der Waals surface area contributed by atoms with E-state index in [1.54, 1.807) is 0 Å². The molecule has 0 aliphatic heterocycles. The molecular weight excluding hydrogens is 242 g/mol. The number of hydrogen-bond donors (Lipinski definition) is 1. The number of halogens is 1. The number of fused-ring (bicyclic) bond motifs is 1. The van der Waals surface area contributed by atoms with Crippen molar-refractivity contribution in [3.05, 3.63) is 60.7 Å². The molecule has 0 aliphatic rings. The van der Waals surface area contributed by atoms with Crippen LogP contribution < -0.4 is 5.32 Å². The van der Waals surface area contributed by atoms with Gasteiger partial charge in [-0.2, -0.15) is 0 Å². The van der Waals surface area contributed by atoms with Crippen molar-refractivity contribution in [2.24, 2.45) is 0 Å². The lowest BCUT2D eigenvalue weighted by atomic mass is 9.89. The summed E-state index contributed by atoms with van der Waals surface area (Å²) >= 11 is 0. The monoisotopic (exact) mass is 261 g/mol. The van der Waals surface area contributed by atoms with Crippen LogP contribution in [0.4, 0.5) is 0 Å². The lowest BCUT2D eigenvalue weighted by Crippen LogP contribution is -2.36. The second kappa shape index (κ2) is 6.03. The standard InChI is InChI=1S/C16H19N.ClH/c1-4-12-17-16(2,3)15-11-7-9-13-8-5-6-10-14(13)15;/h4-11,17H,1,12H2,2-3H3;1H. The van der Waals surface area contributed by atoms with Crippen molar-refractivity contribution < 1.29 is 0 Å². The molecule has 0 atom stereocenters. The molecule has 0 aliphatic carbocycles. The summed E-state index contributed by atoms with van der Waals surface area (Å²) in [6.45, 7) is 8.99. The summed E-state index contributed by atoms with van der Waals surface area (Å²) in [5.74, 6) is 0. The summed E-state index contributed by atoms with van der Waals surface area (Å²) in [6.07, 6.45) is 1.90. The van der Waals surface area contributed by atoms with Crippen LogP contribution in [-0.2, 0) is 5.54 Å². The van der Waals surface area contributed by atoms with Crippen molar-refractivity contribution in [2.45, 2.75) is 19.4 Å². The molecule has 1 nitrogen and oxygen atoms in total. The van der Waals surface area contributed by atoms with Gasteiger partial charge in [-0.05, 0) is 30.2 Å². The average Bonchev–Trinajstić information content (AvgIpc) is 2.36. The van der Waals surface area contributed by atoms with E-state index in [1.807, 2.05) is 6.08 Å². The minimum atomic E-state index is -0.0466. The molecule has 0 heterocycles. The number of nitrogens with one attached hydrogen (secondary N) is 1. The second-order valence-electron chi connectivity index (χ2n) is 4.82. The molecule has 2 aromatic rings. The number of hydrogen-bond acceptors (Lipinski definition) is 1. The van der Waals surface area contributed by atoms with Crippen molar-refractivity contribution in [2.75, 3.05) is 6.54 Å². The molecule has 0 aromatic heterocycles. The van der Waals surface area contributed by atoms with Crippen LogP contribution in [-0.4, -0.2) is 6.54 Å². The van der Waals surface area contributed by atoms with E-state index in [-0.39, 0.29) is 17.9 Å². The smallest absolute Gasteiger partial charge is 0.0386 e. The minimum absolute atomic E-state index is 0. The molecule has 0 bridgehead atoms. The van der Waals surface area contributed by atoms with Gasteiger partial charge in [0.15, 0.2) is 0 Å². The van der Waals surface area contributed by atoms with Crippen molar-refractivity contribution in [1.29, 1.82) is 0 Å². The van der Waals surface area contributed by atoms with Gasteiger partial charge in [0.2, 0.25) is 0 Å². The van der Waals surface area contributed by atoms with E-state index < -0.39 is 0 Å². The van der Waals surface area contributed by atoms with Crippen LogP contribution in [0.1, 0.15) is 19.4 Å². The molecule has 0 saturated carbocycles. The van der Waals surface area contributed by atoms with Gasteiger partial charge in [0, 0.05) is 12.1 Å². The first-order chi connectivity index (χ1) is 8.15. The molecule has 2 rings (SSSR count). The molecule has 18 heavy (non-hydrogen) atoms. The Labute approximate surface area is 115 Å². The highest BCUT2D eigenvalue weighted by Gasteiger charge is 2.20. The first kappa shape index (κ1) is 14.7. The molecule has 0 fully saturated rings. The molecule has 0 radical (unpaired) electrons. The van der Waals surface area contributed by atoms with Crippen molar-refractivity contribution >= 4 is 23.2 Å². The van der Waals surface area contributed by atoms with Gasteiger partial charge in [-0.1, -0.05) is 48.5 Å². The highest BCUT2D eigenvalue weighted by molar-refractivity contribution is 5.86. The van der Waals surface area contributed by atoms with E-state index in [4.69, 9.17) is 0 Å². The molecule has 2 aromatic carbocycles. The van der Waals surface area contributed by atoms with E-state index >= 15 is 0 Å². The summed E-state index contributed by atoms with van der Waals surface area (Å²) < 4.78 is 0. The van der Waals surface area contributed by atoms with Gasteiger partial charge in [0.05, 0.1) is 0 Å². The fourth-order valence-corrected chi connectivity index (χ4v) is 2.19. The van der Waals surface area contributed by atoms with Gasteiger partial charge in [-0.15, -0.1) is 19.0 Å². The third kappa shape index (κ3) is 2.92. The maximum absolute atomic E-state index is 3.76. The van der Waals surface area contributed by atoms with Crippen LogP contribution in [0.5, 0.6) is 0 Å². The molecule has 0 unspecified atom stereocenters. The van der Waals surface area contributed by atoms with Crippen LogP contribution >= 0.6 is 12.4 Å². The summed E-state index contributed by atoms with van der Waals surface area (Å²) in [7, 11) is 0. The topological polar surface area (TPSA) is 12.0 Å². The van der Waals surface area contributed by atoms with E-state index in [0.29, 0.717) is 0 Å². The zero-order valence-electron chi connectivity index (χ0n) is 10.9. The Hall–Kier alpha value is -1.31. The lowest BCUT2D eigenvalue weighted by molar-refractivity contribution is 0.429. The van der Waals surface area contributed by atoms with E-state index in [0.717, 1.165) is 6.54 Å². The number of rotatable bonds is 4. The Bertz CT molecular complexity index is 526. The Morgan fingerprint density at radius 2 is 1.78 bits per heavy atom. The first-order valence-corrected chi connectivity index (χ1v) is 5.99. The van der Waals surface area contributed by atoms with Crippen molar-refractivity contribution in [1.82, 2.24) is 5.32 Å². The van der Waals surface area contributed by atoms with Gasteiger partial charge in [-0.25, -0.2) is 0 Å². The average molecular weight is 262 g/mol. The SMILES string of the molecule is C=CCNC(C)(C)c1cccc2ccccc12.Cl. The van der Waals surface area contributed by atoms with Crippen LogP contribution in [0.2, 0.25) is 0 Å². The van der Waals surface area contributed by atoms with Crippen molar-refractivity contribution in [3.63, 3.8) is 0 Å². The lowest BCUT2D eigenvalue weighted by Gasteiger charge is -2.28.